The fourth-order valence-electron chi connectivity index (χ4n) is 0.318. The minimum absolute atomic E-state index is 1.10. The van der Waals surface area contributed by atoms with Crippen LogP contribution in [0.25, 0.3) is 0 Å². The van der Waals surface area contributed by atoms with Gasteiger partial charge in [-0.05, 0) is 25.6 Å². The van der Waals surface area contributed by atoms with Gasteiger partial charge in [0.1, 0.15) is 0 Å². The average molecular weight is 97.2 g/mol. The fraction of sp³-hybridized carbons (Fsp3) is 0.333. The minimum atomic E-state index is 1.10. The Morgan fingerprint density at radius 1 is 1.57 bits per heavy atom. The van der Waals surface area contributed by atoms with Gasteiger partial charge in [0.25, 0.3) is 0 Å². The van der Waals surface area contributed by atoms with E-state index in [4.69, 9.17) is 5.73 Å². The van der Waals surface area contributed by atoms with E-state index in [0.717, 1.165) is 5.57 Å². The van der Waals surface area contributed by atoms with Gasteiger partial charge in [0.2, 0.25) is 0 Å². The van der Waals surface area contributed by atoms with Crippen LogP contribution in [0.4, 0.5) is 0 Å². The van der Waals surface area contributed by atoms with E-state index in [1.165, 1.54) is 0 Å². The maximum absolute atomic E-state index is 5.14. The van der Waals surface area contributed by atoms with Crippen LogP contribution in [0.2, 0.25) is 0 Å². The summed E-state index contributed by atoms with van der Waals surface area (Å²) in [6.07, 6.45) is 5.50. The van der Waals surface area contributed by atoms with Crippen LogP contribution < -0.4 is 5.73 Å². The molecular weight excluding hydrogens is 86.1 g/mol. The van der Waals surface area contributed by atoms with Crippen molar-refractivity contribution in [3.05, 3.63) is 23.9 Å². The Balaban J connectivity index is 3.58. The van der Waals surface area contributed by atoms with Crippen molar-refractivity contribution in [1.82, 2.24) is 0 Å². The van der Waals surface area contributed by atoms with E-state index in [9.17, 15) is 0 Å². The van der Waals surface area contributed by atoms with Gasteiger partial charge in [-0.2, -0.15) is 0 Å². The second kappa shape index (κ2) is 3.47. The van der Waals surface area contributed by atoms with Crippen LogP contribution in [0.5, 0.6) is 0 Å². The molecule has 1 nitrogen and oxygen atoms in total. The summed E-state index contributed by atoms with van der Waals surface area (Å²) in [7, 11) is 0. The molecular formula is C6H11N. The monoisotopic (exact) mass is 97.1 g/mol. The van der Waals surface area contributed by atoms with E-state index in [0.29, 0.717) is 0 Å². The molecule has 0 unspecified atom stereocenters. The van der Waals surface area contributed by atoms with Gasteiger partial charge in [0.05, 0.1) is 0 Å². The largest absolute Gasteiger partial charge is 0.404 e. The van der Waals surface area contributed by atoms with Crippen LogP contribution in [-0.2, 0) is 0 Å². The molecule has 7 heavy (non-hydrogen) atoms. The highest BCUT2D eigenvalue weighted by Crippen LogP contribution is 1.88. The standard InChI is InChI=1S/C6H11N/c1-3-4-6(2)5-7/h3-5H,7H2,1-2H3. The number of rotatable bonds is 1. The lowest BCUT2D eigenvalue weighted by Crippen LogP contribution is -1.78. The molecule has 0 aliphatic rings. The van der Waals surface area contributed by atoms with Crippen molar-refractivity contribution < 1.29 is 0 Å². The Kier molecular flexibility index (Phi) is 3.11. The van der Waals surface area contributed by atoms with Crippen molar-refractivity contribution in [2.75, 3.05) is 0 Å². The molecule has 0 bridgehead atoms. The lowest BCUT2D eigenvalue weighted by Gasteiger charge is -1.81. The molecule has 0 aromatic heterocycles. The van der Waals surface area contributed by atoms with Gasteiger partial charge in [0.15, 0.2) is 0 Å². The molecule has 0 radical (unpaired) electrons. The molecule has 2 N–H and O–H groups in total. The van der Waals surface area contributed by atoms with E-state index in [-0.39, 0.29) is 0 Å². The van der Waals surface area contributed by atoms with Crippen LogP contribution in [0.15, 0.2) is 23.9 Å². The van der Waals surface area contributed by atoms with Crippen LogP contribution >= 0.6 is 0 Å². The van der Waals surface area contributed by atoms with Crippen molar-refractivity contribution in [2.45, 2.75) is 13.8 Å². The molecule has 1 heteroatoms. The molecule has 0 saturated carbocycles. The second-order valence-corrected chi connectivity index (χ2v) is 1.41. The molecule has 0 atom stereocenters. The smallest absolute Gasteiger partial charge is 0.00327 e. The highest BCUT2D eigenvalue weighted by Gasteiger charge is 1.70. The third-order valence-corrected chi connectivity index (χ3v) is 0.692. The Morgan fingerprint density at radius 2 is 2.14 bits per heavy atom. The lowest BCUT2D eigenvalue weighted by molar-refractivity contribution is 1.43. The fourth-order valence-corrected chi connectivity index (χ4v) is 0.318. The molecule has 0 amide bonds. The van der Waals surface area contributed by atoms with Crippen molar-refractivity contribution in [1.29, 1.82) is 0 Å². The van der Waals surface area contributed by atoms with Crippen LogP contribution in [0.3, 0.4) is 0 Å². The molecule has 0 spiro atoms. The predicted molar refractivity (Wildman–Crippen MR) is 32.8 cm³/mol. The van der Waals surface area contributed by atoms with Gasteiger partial charge in [-0.15, -0.1) is 0 Å². The molecule has 0 aromatic rings. The maximum Gasteiger partial charge on any atom is -0.00327 e. The van der Waals surface area contributed by atoms with Gasteiger partial charge >= 0.3 is 0 Å². The first-order chi connectivity index (χ1) is 3.31. The van der Waals surface area contributed by atoms with Crippen LogP contribution in [-0.4, -0.2) is 0 Å². The number of nitrogens with two attached hydrogens (primary N) is 1. The van der Waals surface area contributed by atoms with E-state index < -0.39 is 0 Å². The molecule has 0 aliphatic heterocycles. The zero-order valence-electron chi connectivity index (χ0n) is 4.81. The number of hydrogen-bond donors (Lipinski definition) is 1. The zero-order valence-corrected chi connectivity index (χ0v) is 4.81. The molecule has 0 heterocycles. The van der Waals surface area contributed by atoms with Gasteiger partial charge < -0.3 is 5.73 Å². The summed E-state index contributed by atoms with van der Waals surface area (Å²) in [5.74, 6) is 0. The van der Waals surface area contributed by atoms with E-state index in [1.807, 2.05) is 26.0 Å². The Morgan fingerprint density at radius 3 is 2.29 bits per heavy atom. The maximum atomic E-state index is 5.14. The Hall–Kier alpha value is -0.720. The first-order valence-corrected chi connectivity index (χ1v) is 2.32. The van der Waals surface area contributed by atoms with E-state index in [1.54, 1.807) is 6.20 Å². The van der Waals surface area contributed by atoms with Crippen molar-refractivity contribution in [2.24, 2.45) is 5.73 Å². The number of hydrogen-bond acceptors (Lipinski definition) is 1. The van der Waals surface area contributed by atoms with Gasteiger partial charge in [-0.1, -0.05) is 12.2 Å². The summed E-state index contributed by atoms with van der Waals surface area (Å²) < 4.78 is 0. The molecule has 40 valence electrons. The molecule has 0 rings (SSSR count). The summed E-state index contributed by atoms with van der Waals surface area (Å²) in [6.45, 7) is 3.92. The van der Waals surface area contributed by atoms with Crippen molar-refractivity contribution in [3.63, 3.8) is 0 Å². The summed E-state index contributed by atoms with van der Waals surface area (Å²) >= 11 is 0. The van der Waals surface area contributed by atoms with Gasteiger partial charge in [0, 0.05) is 0 Å². The van der Waals surface area contributed by atoms with E-state index in [2.05, 4.69) is 0 Å². The van der Waals surface area contributed by atoms with E-state index >= 15 is 0 Å². The molecule has 0 saturated heterocycles. The average Bonchev–Trinajstić information content (AvgIpc) is 1.68. The summed E-state index contributed by atoms with van der Waals surface area (Å²) in [4.78, 5) is 0. The third kappa shape index (κ3) is 3.10. The highest BCUT2D eigenvalue weighted by molar-refractivity contribution is 5.13. The van der Waals surface area contributed by atoms with Crippen molar-refractivity contribution >= 4 is 0 Å². The summed E-state index contributed by atoms with van der Waals surface area (Å²) in [6, 6.07) is 0. The van der Waals surface area contributed by atoms with Crippen LogP contribution in [0, 0.1) is 0 Å². The van der Waals surface area contributed by atoms with Crippen LogP contribution in [0.1, 0.15) is 13.8 Å². The summed E-state index contributed by atoms with van der Waals surface area (Å²) in [5, 5.41) is 0. The zero-order chi connectivity index (χ0) is 5.70. The quantitative estimate of drug-likeness (QED) is 0.492. The normalized spacial score (nSPS) is 13.1. The predicted octanol–water partition coefficient (Wildman–Crippen LogP) is 1.43. The third-order valence-electron chi connectivity index (χ3n) is 0.692. The highest BCUT2D eigenvalue weighted by atomic mass is 14.5. The SMILES string of the molecule is CC=CC(C)=CN. The molecule has 0 aromatic carbocycles. The Labute approximate surface area is 44.5 Å². The van der Waals surface area contributed by atoms with Crippen molar-refractivity contribution in [3.8, 4) is 0 Å². The first-order valence-electron chi connectivity index (χ1n) is 2.32. The molecule has 0 aliphatic carbocycles. The summed E-state index contributed by atoms with van der Waals surface area (Å²) in [5.41, 5.74) is 6.24. The molecule has 0 fully saturated rings. The topological polar surface area (TPSA) is 26.0 Å². The lowest BCUT2D eigenvalue weighted by atomic mass is 10.3. The second-order valence-electron chi connectivity index (χ2n) is 1.41. The Bertz CT molecular complexity index is 90.4. The minimum Gasteiger partial charge on any atom is -0.404 e. The van der Waals surface area contributed by atoms with Gasteiger partial charge in [-0.25, -0.2) is 0 Å². The number of allylic oxidation sites excluding steroid dienone is 3. The first kappa shape index (κ1) is 6.28. The van der Waals surface area contributed by atoms with Gasteiger partial charge in [-0.3, -0.25) is 0 Å².